The molecule has 0 saturated heterocycles. The van der Waals surface area contributed by atoms with E-state index in [1.165, 1.54) is 16.7 Å². The average Bonchev–Trinajstić information content (AvgIpc) is 2.78. The molecule has 4 rings (SSSR count). The number of rotatable bonds is 6. The Kier molecular flexibility index (Phi) is 5.72. The molecule has 1 heterocycles. The Bertz CT molecular complexity index is 971. The molecule has 0 aromatic heterocycles. The molecule has 1 aliphatic heterocycles. The molecule has 0 spiro atoms. The zero-order valence-corrected chi connectivity index (χ0v) is 17.2. The normalized spacial score (nSPS) is 14.7. The minimum atomic E-state index is 0.288. The molecule has 0 N–H and O–H groups in total. The minimum absolute atomic E-state index is 0.288. The molecule has 1 unspecified atom stereocenters. The third-order valence-corrected chi connectivity index (χ3v) is 5.61. The topological polar surface area (TPSA) is 30.9 Å². The second-order valence-corrected chi connectivity index (χ2v) is 7.36. The second-order valence-electron chi connectivity index (χ2n) is 7.36. The molecule has 1 aliphatic rings. The lowest BCUT2D eigenvalue weighted by atomic mass is 9.96. The lowest BCUT2D eigenvalue weighted by Crippen LogP contribution is -2.33. The first kappa shape index (κ1) is 19.3. The van der Waals surface area contributed by atoms with Crippen LogP contribution < -0.4 is 14.2 Å². The Morgan fingerprint density at radius 2 is 1.48 bits per heavy atom. The number of ether oxygens (including phenoxy) is 3. The van der Waals surface area contributed by atoms with E-state index in [0.29, 0.717) is 0 Å². The maximum absolute atomic E-state index is 6.02. The molecule has 0 fully saturated rings. The fourth-order valence-electron chi connectivity index (χ4n) is 3.91. The summed E-state index contributed by atoms with van der Waals surface area (Å²) in [6.07, 6.45) is 1.00. The van der Waals surface area contributed by atoms with E-state index < -0.39 is 0 Å². The van der Waals surface area contributed by atoms with Crippen LogP contribution >= 0.6 is 0 Å². The summed E-state index contributed by atoms with van der Waals surface area (Å²) in [5.41, 5.74) is 3.90. The molecule has 0 radical (unpaired) electrons. The second kappa shape index (κ2) is 8.58. The first-order valence-corrected chi connectivity index (χ1v) is 9.98. The van der Waals surface area contributed by atoms with Crippen molar-refractivity contribution in [2.45, 2.75) is 25.9 Å². The van der Waals surface area contributed by atoms with E-state index in [2.05, 4.69) is 42.2 Å². The third kappa shape index (κ3) is 4.22. The Morgan fingerprint density at radius 3 is 2.21 bits per heavy atom. The Balaban J connectivity index is 1.52. The zero-order valence-electron chi connectivity index (χ0n) is 17.2. The van der Waals surface area contributed by atoms with Crippen LogP contribution in [0.1, 0.15) is 29.7 Å². The van der Waals surface area contributed by atoms with Crippen molar-refractivity contribution in [3.05, 3.63) is 83.4 Å². The van der Waals surface area contributed by atoms with Gasteiger partial charge >= 0.3 is 0 Å². The largest absolute Gasteiger partial charge is 0.493 e. The highest BCUT2D eigenvalue weighted by Crippen LogP contribution is 2.36. The molecule has 150 valence electrons. The Morgan fingerprint density at radius 1 is 0.793 bits per heavy atom. The van der Waals surface area contributed by atoms with Gasteiger partial charge in [0.05, 0.1) is 14.2 Å². The number of benzene rings is 3. The zero-order chi connectivity index (χ0) is 20.2. The molecule has 29 heavy (non-hydrogen) atoms. The van der Waals surface area contributed by atoms with Crippen LogP contribution in [-0.4, -0.2) is 25.7 Å². The van der Waals surface area contributed by atoms with E-state index in [-0.39, 0.29) is 6.04 Å². The molecule has 0 aliphatic carbocycles. The lowest BCUT2D eigenvalue weighted by molar-refractivity contribution is 0.191. The monoisotopic (exact) mass is 389 g/mol. The molecule has 4 nitrogen and oxygen atoms in total. The summed E-state index contributed by atoms with van der Waals surface area (Å²) in [5.74, 6) is 3.31. The van der Waals surface area contributed by atoms with Crippen LogP contribution in [0.3, 0.4) is 0 Å². The number of methoxy groups -OCH3 is 2. The summed E-state index contributed by atoms with van der Waals surface area (Å²) in [4.78, 5) is 2.50. The molecular weight excluding hydrogens is 362 g/mol. The van der Waals surface area contributed by atoms with Gasteiger partial charge in [-0.2, -0.15) is 0 Å². The number of fused-ring (bicyclic) bond motifs is 1. The molecule has 3 aromatic rings. The van der Waals surface area contributed by atoms with Gasteiger partial charge in [-0.05, 0) is 66.4 Å². The molecule has 1 atom stereocenters. The van der Waals surface area contributed by atoms with E-state index >= 15 is 0 Å². The predicted molar refractivity (Wildman–Crippen MR) is 115 cm³/mol. The first-order chi connectivity index (χ1) is 14.2. The summed E-state index contributed by atoms with van der Waals surface area (Å²) in [6, 6.07) is 22.8. The molecular formula is C25H27NO3. The van der Waals surface area contributed by atoms with Crippen molar-refractivity contribution in [3.8, 4) is 23.0 Å². The van der Waals surface area contributed by atoms with Crippen molar-refractivity contribution in [1.82, 2.24) is 4.90 Å². The van der Waals surface area contributed by atoms with Gasteiger partial charge in [-0.3, -0.25) is 4.90 Å². The first-order valence-electron chi connectivity index (χ1n) is 9.98. The third-order valence-electron chi connectivity index (χ3n) is 5.61. The average molecular weight is 389 g/mol. The Hall–Kier alpha value is -2.98. The van der Waals surface area contributed by atoms with Crippen molar-refractivity contribution < 1.29 is 14.2 Å². The van der Waals surface area contributed by atoms with Crippen LogP contribution in [0.15, 0.2) is 66.7 Å². The van der Waals surface area contributed by atoms with Gasteiger partial charge in [0.1, 0.15) is 11.5 Å². The molecule has 0 amide bonds. The van der Waals surface area contributed by atoms with Gasteiger partial charge in [0, 0.05) is 19.1 Å². The number of hydrogen-bond acceptors (Lipinski definition) is 4. The quantitative estimate of drug-likeness (QED) is 0.548. The summed E-state index contributed by atoms with van der Waals surface area (Å²) in [7, 11) is 3.37. The van der Waals surface area contributed by atoms with E-state index in [9.17, 15) is 0 Å². The fraction of sp³-hybridized carbons (Fsp3) is 0.280. The van der Waals surface area contributed by atoms with Gasteiger partial charge in [-0.15, -0.1) is 0 Å². The van der Waals surface area contributed by atoms with Crippen molar-refractivity contribution in [1.29, 1.82) is 0 Å². The predicted octanol–water partition coefficient (Wildman–Crippen LogP) is 5.62. The number of hydrogen-bond donors (Lipinski definition) is 0. The van der Waals surface area contributed by atoms with Gasteiger partial charge in [0.15, 0.2) is 11.5 Å². The highest BCUT2D eigenvalue weighted by atomic mass is 16.5. The summed E-state index contributed by atoms with van der Waals surface area (Å²) in [5, 5.41) is 0. The van der Waals surface area contributed by atoms with Gasteiger partial charge in [0.25, 0.3) is 0 Å². The van der Waals surface area contributed by atoms with E-state index in [0.717, 1.165) is 42.5 Å². The number of para-hydroxylation sites is 1. The highest BCUT2D eigenvalue weighted by molar-refractivity contribution is 5.48. The van der Waals surface area contributed by atoms with Crippen LogP contribution in [0.5, 0.6) is 23.0 Å². The van der Waals surface area contributed by atoms with Gasteiger partial charge in [0.2, 0.25) is 0 Å². The highest BCUT2D eigenvalue weighted by Gasteiger charge is 2.24. The van der Waals surface area contributed by atoms with Crippen LogP contribution in [0.4, 0.5) is 0 Å². The van der Waals surface area contributed by atoms with E-state index in [1.807, 2.05) is 36.4 Å². The van der Waals surface area contributed by atoms with Crippen LogP contribution in [0.2, 0.25) is 0 Å². The fourth-order valence-corrected chi connectivity index (χ4v) is 3.91. The van der Waals surface area contributed by atoms with Crippen LogP contribution in [0.25, 0.3) is 0 Å². The van der Waals surface area contributed by atoms with Crippen LogP contribution in [0, 0.1) is 0 Å². The van der Waals surface area contributed by atoms with Gasteiger partial charge < -0.3 is 14.2 Å². The maximum atomic E-state index is 6.02. The molecule has 3 aromatic carbocycles. The smallest absolute Gasteiger partial charge is 0.161 e. The summed E-state index contributed by atoms with van der Waals surface area (Å²) >= 11 is 0. The van der Waals surface area contributed by atoms with Crippen molar-refractivity contribution in [2.75, 3.05) is 20.8 Å². The minimum Gasteiger partial charge on any atom is -0.493 e. The van der Waals surface area contributed by atoms with Gasteiger partial charge in [-0.25, -0.2) is 0 Å². The molecule has 4 heteroatoms. The summed E-state index contributed by atoms with van der Waals surface area (Å²) in [6.45, 7) is 4.15. The lowest BCUT2D eigenvalue weighted by Gasteiger charge is -2.34. The molecule has 0 saturated carbocycles. The maximum Gasteiger partial charge on any atom is 0.161 e. The van der Waals surface area contributed by atoms with Crippen molar-refractivity contribution >= 4 is 0 Å². The van der Waals surface area contributed by atoms with Gasteiger partial charge in [-0.1, -0.05) is 30.3 Å². The molecule has 0 bridgehead atoms. The van der Waals surface area contributed by atoms with E-state index in [4.69, 9.17) is 14.2 Å². The Labute approximate surface area is 172 Å². The van der Waals surface area contributed by atoms with Crippen molar-refractivity contribution in [3.63, 3.8) is 0 Å². The van der Waals surface area contributed by atoms with Crippen LogP contribution in [-0.2, 0) is 13.0 Å². The standard InChI is InChI=1S/C25H27NO3/c1-18(19-8-7-11-23(14-19)29-22-9-5-4-6-10-22)26-13-12-20-15-24(27-2)25(28-3)16-21(20)17-26/h4-11,14-16,18H,12-13,17H2,1-3H3. The number of nitrogens with zero attached hydrogens (tertiary/aromatic N) is 1. The van der Waals surface area contributed by atoms with E-state index in [1.54, 1.807) is 14.2 Å². The SMILES string of the molecule is COc1cc2c(cc1OC)CN(C(C)c1cccc(Oc3ccccc3)c1)CC2. The summed E-state index contributed by atoms with van der Waals surface area (Å²) < 4.78 is 17.0. The van der Waals surface area contributed by atoms with Crippen molar-refractivity contribution in [2.24, 2.45) is 0 Å².